The van der Waals surface area contributed by atoms with Crippen molar-refractivity contribution in [2.45, 2.75) is 24.9 Å². The highest BCUT2D eigenvalue weighted by atomic mass is 79.9. The smallest absolute Gasteiger partial charge is 0.341 e. The molecule has 0 radical (unpaired) electrons. The van der Waals surface area contributed by atoms with E-state index < -0.39 is 11.6 Å². The second-order valence-corrected chi connectivity index (χ2v) is 5.42. The van der Waals surface area contributed by atoms with Gasteiger partial charge in [0.05, 0.1) is 5.69 Å². The summed E-state index contributed by atoms with van der Waals surface area (Å²) in [6.45, 7) is 1.10. The highest BCUT2D eigenvalue weighted by molar-refractivity contribution is 9.10. The van der Waals surface area contributed by atoms with E-state index in [2.05, 4.69) is 15.9 Å². The fourth-order valence-corrected chi connectivity index (χ4v) is 2.80. The lowest BCUT2D eigenvalue weighted by molar-refractivity contribution is -0.151. The molecule has 18 heavy (non-hydrogen) atoms. The largest absolute Gasteiger partial charge is 0.479 e. The number of para-hydroxylation sites is 1. The molecule has 1 heterocycles. The zero-order chi connectivity index (χ0) is 13.2. The third-order valence-electron chi connectivity index (χ3n) is 3.36. The van der Waals surface area contributed by atoms with Crippen LogP contribution < -0.4 is 4.90 Å². The van der Waals surface area contributed by atoms with E-state index in [1.165, 1.54) is 0 Å². The van der Waals surface area contributed by atoms with Crippen molar-refractivity contribution in [1.29, 1.82) is 0 Å². The highest BCUT2D eigenvalue weighted by Crippen LogP contribution is 2.32. The van der Waals surface area contributed by atoms with E-state index in [-0.39, 0.29) is 12.8 Å². The van der Waals surface area contributed by atoms with Gasteiger partial charge in [-0.3, -0.25) is 0 Å². The highest BCUT2D eigenvalue weighted by Gasteiger charge is 2.40. The van der Waals surface area contributed by atoms with Gasteiger partial charge >= 0.3 is 5.97 Å². The Morgan fingerprint density at radius 1 is 1.33 bits per heavy atom. The molecule has 0 aliphatic carbocycles. The summed E-state index contributed by atoms with van der Waals surface area (Å²) in [5, 5.41) is 8.93. The molecule has 98 valence electrons. The summed E-state index contributed by atoms with van der Waals surface area (Å²) in [6.07, 6.45) is 0.664. The van der Waals surface area contributed by atoms with Crippen LogP contribution in [0.2, 0.25) is 0 Å². The number of halogens is 2. The minimum absolute atomic E-state index is 0.0314. The van der Waals surface area contributed by atoms with Gasteiger partial charge in [0, 0.05) is 24.0 Å². The summed E-state index contributed by atoms with van der Waals surface area (Å²) in [4.78, 5) is 13.0. The Labute approximate surface area is 114 Å². The standard InChI is InChI=1S/C13H15BrFNO2/c14-10-4-1-2-5-11(10)16-8-3-6-13(15,7-9-16)12(17)18/h1-2,4-5H,3,6-9H2,(H,17,18). The molecule has 1 aliphatic rings. The Balaban J connectivity index is 2.15. The van der Waals surface area contributed by atoms with Crippen molar-refractivity contribution >= 4 is 27.6 Å². The molecule has 1 fully saturated rings. The second kappa shape index (κ2) is 5.26. The molecule has 1 atom stereocenters. The number of rotatable bonds is 2. The molecule has 1 aliphatic heterocycles. The molecule has 3 nitrogen and oxygen atoms in total. The average Bonchev–Trinajstić information content (AvgIpc) is 2.53. The molecule has 0 spiro atoms. The van der Waals surface area contributed by atoms with E-state index in [1.54, 1.807) is 0 Å². The number of hydrogen-bond donors (Lipinski definition) is 1. The summed E-state index contributed by atoms with van der Waals surface area (Å²) in [5.41, 5.74) is -1.08. The number of nitrogens with zero attached hydrogens (tertiary/aromatic N) is 1. The van der Waals surface area contributed by atoms with Crippen LogP contribution in [0.3, 0.4) is 0 Å². The van der Waals surface area contributed by atoms with Crippen molar-refractivity contribution in [2.75, 3.05) is 18.0 Å². The maximum Gasteiger partial charge on any atom is 0.341 e. The Hall–Kier alpha value is -1.10. The van der Waals surface area contributed by atoms with Crippen molar-refractivity contribution in [3.05, 3.63) is 28.7 Å². The number of carbonyl (C=O) groups is 1. The second-order valence-electron chi connectivity index (χ2n) is 4.56. The van der Waals surface area contributed by atoms with E-state index in [1.807, 2.05) is 29.2 Å². The molecular weight excluding hydrogens is 301 g/mol. The van der Waals surface area contributed by atoms with Crippen LogP contribution in [0.25, 0.3) is 0 Å². The third kappa shape index (κ3) is 2.66. The van der Waals surface area contributed by atoms with Crippen LogP contribution in [-0.4, -0.2) is 29.8 Å². The van der Waals surface area contributed by atoms with Crippen molar-refractivity contribution in [3.63, 3.8) is 0 Å². The van der Waals surface area contributed by atoms with E-state index in [0.29, 0.717) is 19.5 Å². The number of hydrogen-bond acceptors (Lipinski definition) is 2. The van der Waals surface area contributed by atoms with Crippen LogP contribution >= 0.6 is 15.9 Å². The third-order valence-corrected chi connectivity index (χ3v) is 4.03. The number of benzene rings is 1. The van der Waals surface area contributed by atoms with Crippen LogP contribution in [0.4, 0.5) is 10.1 Å². The SMILES string of the molecule is O=C(O)C1(F)CCCN(c2ccccc2Br)CC1. The number of carboxylic acid groups (broad SMARTS) is 1. The maximum absolute atomic E-state index is 14.1. The first-order chi connectivity index (χ1) is 8.53. The molecule has 0 bridgehead atoms. The van der Waals surface area contributed by atoms with Crippen LogP contribution in [0.1, 0.15) is 19.3 Å². The molecule has 0 aromatic heterocycles. The van der Waals surface area contributed by atoms with Gasteiger partial charge in [-0.15, -0.1) is 0 Å². The van der Waals surface area contributed by atoms with E-state index in [4.69, 9.17) is 5.11 Å². The first kappa shape index (κ1) is 13.3. The summed E-state index contributed by atoms with van der Waals surface area (Å²) >= 11 is 3.46. The number of carboxylic acids is 1. The molecule has 2 rings (SSSR count). The topological polar surface area (TPSA) is 40.5 Å². The number of anilines is 1. The Bertz CT molecular complexity index is 454. The van der Waals surface area contributed by atoms with Crippen molar-refractivity contribution in [3.8, 4) is 0 Å². The zero-order valence-electron chi connectivity index (χ0n) is 9.90. The fraction of sp³-hybridized carbons (Fsp3) is 0.462. The monoisotopic (exact) mass is 315 g/mol. The van der Waals surface area contributed by atoms with Crippen molar-refractivity contribution in [1.82, 2.24) is 0 Å². The van der Waals surface area contributed by atoms with Gasteiger partial charge in [0.15, 0.2) is 0 Å². The van der Waals surface area contributed by atoms with Gasteiger partial charge < -0.3 is 10.0 Å². The van der Waals surface area contributed by atoms with Crippen LogP contribution in [0.5, 0.6) is 0 Å². The molecule has 1 unspecified atom stereocenters. The normalized spacial score (nSPS) is 24.7. The van der Waals surface area contributed by atoms with Gasteiger partial charge in [0.1, 0.15) is 0 Å². The van der Waals surface area contributed by atoms with Gasteiger partial charge in [-0.2, -0.15) is 0 Å². The van der Waals surface area contributed by atoms with Gasteiger partial charge in [-0.1, -0.05) is 12.1 Å². The molecule has 1 aromatic carbocycles. The molecular formula is C13H15BrFNO2. The molecule has 1 N–H and O–H groups in total. The van der Waals surface area contributed by atoms with E-state index >= 15 is 0 Å². The fourth-order valence-electron chi connectivity index (χ4n) is 2.26. The first-order valence-corrected chi connectivity index (χ1v) is 6.74. The molecule has 0 amide bonds. The lowest BCUT2D eigenvalue weighted by atomic mass is 9.97. The van der Waals surface area contributed by atoms with Crippen molar-refractivity contribution < 1.29 is 14.3 Å². The van der Waals surface area contributed by atoms with Crippen LogP contribution in [0, 0.1) is 0 Å². The molecule has 1 saturated heterocycles. The zero-order valence-corrected chi connectivity index (χ0v) is 11.5. The summed E-state index contributed by atoms with van der Waals surface area (Å²) in [6, 6.07) is 7.73. The van der Waals surface area contributed by atoms with Gasteiger partial charge in [-0.05, 0) is 40.9 Å². The minimum Gasteiger partial charge on any atom is -0.479 e. The Morgan fingerprint density at radius 2 is 2.06 bits per heavy atom. The predicted molar refractivity (Wildman–Crippen MR) is 71.7 cm³/mol. The minimum atomic E-state index is -2.07. The van der Waals surface area contributed by atoms with Crippen molar-refractivity contribution in [2.24, 2.45) is 0 Å². The average molecular weight is 316 g/mol. The summed E-state index contributed by atoms with van der Waals surface area (Å²) in [5.74, 6) is -1.34. The number of aliphatic carboxylic acids is 1. The molecule has 5 heteroatoms. The molecule has 0 saturated carbocycles. The summed E-state index contributed by atoms with van der Waals surface area (Å²) < 4.78 is 15.1. The van der Waals surface area contributed by atoms with Gasteiger partial charge in [0.2, 0.25) is 5.67 Å². The Morgan fingerprint density at radius 3 is 2.72 bits per heavy atom. The predicted octanol–water partition coefficient (Wildman–Crippen LogP) is 3.23. The van der Waals surface area contributed by atoms with Gasteiger partial charge in [-0.25, -0.2) is 9.18 Å². The van der Waals surface area contributed by atoms with E-state index in [0.717, 1.165) is 10.2 Å². The lowest BCUT2D eigenvalue weighted by Gasteiger charge is -2.24. The first-order valence-electron chi connectivity index (χ1n) is 5.95. The Kier molecular flexibility index (Phi) is 3.90. The maximum atomic E-state index is 14.1. The quantitative estimate of drug-likeness (QED) is 0.911. The van der Waals surface area contributed by atoms with Crippen LogP contribution in [0.15, 0.2) is 28.7 Å². The van der Waals surface area contributed by atoms with Crippen LogP contribution in [-0.2, 0) is 4.79 Å². The molecule has 1 aromatic rings. The lowest BCUT2D eigenvalue weighted by Crippen LogP contribution is -2.35. The van der Waals surface area contributed by atoms with Gasteiger partial charge in [0.25, 0.3) is 0 Å². The number of alkyl halides is 1. The summed E-state index contributed by atoms with van der Waals surface area (Å²) in [7, 11) is 0. The van der Waals surface area contributed by atoms with E-state index in [9.17, 15) is 9.18 Å².